The van der Waals surface area contributed by atoms with Crippen LogP contribution in [0, 0.1) is 6.92 Å². The summed E-state index contributed by atoms with van der Waals surface area (Å²) < 4.78 is 7.09. The summed E-state index contributed by atoms with van der Waals surface area (Å²) in [6.45, 7) is 6.14. The Bertz CT molecular complexity index is 649. The van der Waals surface area contributed by atoms with Crippen LogP contribution in [-0.4, -0.2) is 62.7 Å². The Morgan fingerprint density at radius 1 is 1.38 bits per heavy atom. The molecule has 0 radical (unpaired) electrons. The molecule has 0 aliphatic carbocycles. The largest absolute Gasteiger partial charge is 0.378 e. The summed E-state index contributed by atoms with van der Waals surface area (Å²) in [4.78, 5) is 18.4. The zero-order chi connectivity index (χ0) is 14.8. The van der Waals surface area contributed by atoms with E-state index in [9.17, 15) is 4.79 Å². The number of aromatic nitrogens is 4. The number of anilines is 1. The van der Waals surface area contributed by atoms with Crippen molar-refractivity contribution in [2.24, 2.45) is 0 Å². The van der Waals surface area contributed by atoms with Crippen molar-refractivity contribution in [3.05, 3.63) is 18.2 Å². The Morgan fingerprint density at radius 3 is 2.90 bits per heavy atom. The Labute approximate surface area is 122 Å². The van der Waals surface area contributed by atoms with Gasteiger partial charge in [0, 0.05) is 25.5 Å². The van der Waals surface area contributed by atoms with Gasteiger partial charge in [-0.1, -0.05) is 0 Å². The van der Waals surface area contributed by atoms with E-state index in [1.54, 1.807) is 17.3 Å². The molecule has 1 unspecified atom stereocenters. The second-order valence-electron chi connectivity index (χ2n) is 5.02. The van der Waals surface area contributed by atoms with E-state index in [-0.39, 0.29) is 11.9 Å². The smallest absolute Gasteiger partial charge is 0.244 e. The van der Waals surface area contributed by atoms with Crippen LogP contribution in [0.3, 0.4) is 0 Å². The van der Waals surface area contributed by atoms with Gasteiger partial charge in [-0.05, 0) is 13.8 Å². The van der Waals surface area contributed by atoms with Gasteiger partial charge in [0.25, 0.3) is 0 Å². The molecule has 2 aromatic heterocycles. The van der Waals surface area contributed by atoms with Gasteiger partial charge in [0.15, 0.2) is 5.82 Å². The van der Waals surface area contributed by atoms with Crippen molar-refractivity contribution in [2.45, 2.75) is 19.9 Å². The normalized spacial score (nSPS) is 17.0. The molecule has 1 N–H and O–H groups in total. The van der Waals surface area contributed by atoms with Crippen molar-refractivity contribution < 1.29 is 9.53 Å². The number of fused-ring (bicyclic) bond motifs is 1. The van der Waals surface area contributed by atoms with Crippen molar-refractivity contribution in [3.63, 3.8) is 0 Å². The van der Waals surface area contributed by atoms with E-state index in [2.05, 4.69) is 20.5 Å². The first kappa shape index (κ1) is 13.7. The predicted molar refractivity (Wildman–Crippen MR) is 76.0 cm³/mol. The zero-order valence-corrected chi connectivity index (χ0v) is 12.1. The van der Waals surface area contributed by atoms with E-state index in [0.29, 0.717) is 37.8 Å². The van der Waals surface area contributed by atoms with Crippen LogP contribution < -0.4 is 5.32 Å². The Morgan fingerprint density at radius 2 is 2.14 bits per heavy atom. The van der Waals surface area contributed by atoms with Gasteiger partial charge in [-0.25, -0.2) is 4.98 Å². The number of aryl methyl sites for hydroxylation is 1. The third-order valence-corrected chi connectivity index (χ3v) is 3.54. The van der Waals surface area contributed by atoms with Gasteiger partial charge in [-0.2, -0.15) is 0 Å². The maximum Gasteiger partial charge on any atom is 0.244 e. The minimum Gasteiger partial charge on any atom is -0.378 e. The molecule has 21 heavy (non-hydrogen) atoms. The highest BCUT2D eigenvalue weighted by molar-refractivity contribution is 5.85. The van der Waals surface area contributed by atoms with Crippen LogP contribution in [0.1, 0.15) is 12.7 Å². The molecule has 112 valence electrons. The highest BCUT2D eigenvalue weighted by Gasteiger charge is 2.23. The number of amides is 1. The number of rotatable bonds is 3. The maximum atomic E-state index is 12.4. The minimum atomic E-state index is -0.376. The third kappa shape index (κ3) is 2.66. The van der Waals surface area contributed by atoms with Crippen LogP contribution in [-0.2, 0) is 9.53 Å². The molecule has 3 heterocycles. The fourth-order valence-electron chi connectivity index (χ4n) is 2.37. The molecule has 0 bridgehead atoms. The maximum absolute atomic E-state index is 12.4. The third-order valence-electron chi connectivity index (χ3n) is 3.54. The van der Waals surface area contributed by atoms with Gasteiger partial charge < -0.3 is 15.0 Å². The first-order chi connectivity index (χ1) is 10.2. The Kier molecular flexibility index (Phi) is 3.70. The molecule has 1 saturated heterocycles. The molecule has 1 aliphatic heterocycles. The van der Waals surface area contributed by atoms with Gasteiger partial charge in [0.1, 0.15) is 11.9 Å². The van der Waals surface area contributed by atoms with E-state index in [1.807, 2.05) is 18.2 Å². The van der Waals surface area contributed by atoms with E-state index < -0.39 is 0 Å². The molecule has 0 spiro atoms. The van der Waals surface area contributed by atoms with Crippen LogP contribution >= 0.6 is 0 Å². The van der Waals surface area contributed by atoms with Crippen LogP contribution in [0.25, 0.3) is 5.65 Å². The van der Waals surface area contributed by atoms with Gasteiger partial charge in [-0.15, -0.1) is 10.2 Å². The molecule has 2 aromatic rings. The lowest BCUT2D eigenvalue weighted by atomic mass is 10.2. The fraction of sp³-hybridized carbons (Fsp3) is 0.538. The Balaban J connectivity index is 1.76. The second kappa shape index (κ2) is 5.65. The van der Waals surface area contributed by atoms with Crippen molar-refractivity contribution >= 4 is 17.4 Å². The monoisotopic (exact) mass is 290 g/mol. The van der Waals surface area contributed by atoms with Crippen molar-refractivity contribution in [1.29, 1.82) is 0 Å². The standard InChI is InChI=1S/C13H18N6O2/c1-9(13(20)18-5-7-21-8-6-18)15-11-12-17-16-10(2)19(12)4-3-14-11/h3-4,9H,5-8H2,1-2H3,(H,14,15). The number of carbonyl (C=O) groups excluding carboxylic acids is 1. The number of nitrogens with zero attached hydrogens (tertiary/aromatic N) is 5. The summed E-state index contributed by atoms with van der Waals surface area (Å²) in [6.07, 6.45) is 3.46. The molecule has 0 aromatic carbocycles. The van der Waals surface area contributed by atoms with Gasteiger partial charge in [-0.3, -0.25) is 9.20 Å². The molecule has 8 heteroatoms. The summed E-state index contributed by atoms with van der Waals surface area (Å²) in [5.41, 5.74) is 0.622. The lowest BCUT2D eigenvalue weighted by molar-refractivity contribution is -0.135. The van der Waals surface area contributed by atoms with Crippen LogP contribution in [0.2, 0.25) is 0 Å². The topological polar surface area (TPSA) is 84.7 Å². The highest BCUT2D eigenvalue weighted by atomic mass is 16.5. The van der Waals surface area contributed by atoms with E-state index in [1.165, 1.54) is 0 Å². The summed E-state index contributed by atoms with van der Waals surface area (Å²) in [5.74, 6) is 1.38. The lowest BCUT2D eigenvalue weighted by Crippen LogP contribution is -2.47. The van der Waals surface area contributed by atoms with Crippen molar-refractivity contribution in [3.8, 4) is 0 Å². The molecule has 1 atom stereocenters. The first-order valence-electron chi connectivity index (χ1n) is 6.96. The number of carbonyl (C=O) groups is 1. The van der Waals surface area contributed by atoms with Gasteiger partial charge in [0.05, 0.1) is 13.2 Å². The van der Waals surface area contributed by atoms with E-state index >= 15 is 0 Å². The van der Waals surface area contributed by atoms with Crippen LogP contribution in [0.15, 0.2) is 12.4 Å². The van der Waals surface area contributed by atoms with E-state index in [0.717, 1.165) is 5.82 Å². The molecule has 0 saturated carbocycles. The fourth-order valence-corrected chi connectivity index (χ4v) is 2.37. The SMILES string of the molecule is Cc1nnc2c(NC(C)C(=O)N3CCOCC3)nccn12. The minimum absolute atomic E-state index is 0.0401. The first-order valence-corrected chi connectivity index (χ1v) is 6.96. The average Bonchev–Trinajstić information content (AvgIpc) is 2.90. The van der Waals surface area contributed by atoms with Gasteiger partial charge >= 0.3 is 0 Å². The molecule has 8 nitrogen and oxygen atoms in total. The lowest BCUT2D eigenvalue weighted by Gasteiger charge is -2.29. The predicted octanol–water partition coefficient (Wildman–Crippen LogP) is 0.0919. The Hall–Kier alpha value is -2.22. The van der Waals surface area contributed by atoms with Crippen molar-refractivity contribution in [1.82, 2.24) is 24.5 Å². The summed E-state index contributed by atoms with van der Waals surface area (Å²) in [6, 6.07) is -0.376. The van der Waals surface area contributed by atoms with E-state index in [4.69, 9.17) is 4.74 Å². The number of hydrogen-bond acceptors (Lipinski definition) is 6. The molecule has 1 amide bonds. The van der Waals surface area contributed by atoms with Crippen molar-refractivity contribution in [2.75, 3.05) is 31.6 Å². The number of hydrogen-bond donors (Lipinski definition) is 1. The number of morpholine rings is 1. The highest BCUT2D eigenvalue weighted by Crippen LogP contribution is 2.14. The quantitative estimate of drug-likeness (QED) is 0.862. The molecule has 1 fully saturated rings. The van der Waals surface area contributed by atoms with Gasteiger partial charge in [0.2, 0.25) is 11.6 Å². The average molecular weight is 290 g/mol. The molecular formula is C13H18N6O2. The number of ether oxygens (including phenoxy) is 1. The zero-order valence-electron chi connectivity index (χ0n) is 12.1. The number of nitrogens with one attached hydrogen (secondary N) is 1. The van der Waals surface area contributed by atoms with Crippen LogP contribution in [0.5, 0.6) is 0 Å². The summed E-state index contributed by atoms with van der Waals surface area (Å²) in [5, 5.41) is 11.2. The second-order valence-corrected chi connectivity index (χ2v) is 5.02. The molecule has 1 aliphatic rings. The molecular weight excluding hydrogens is 272 g/mol. The van der Waals surface area contributed by atoms with Crippen LogP contribution in [0.4, 0.5) is 5.82 Å². The molecule has 3 rings (SSSR count). The summed E-state index contributed by atoms with van der Waals surface area (Å²) in [7, 11) is 0. The summed E-state index contributed by atoms with van der Waals surface area (Å²) >= 11 is 0.